The van der Waals surface area contributed by atoms with Crippen molar-refractivity contribution >= 4 is 11.6 Å². The molecule has 0 aliphatic heterocycles. The summed E-state index contributed by atoms with van der Waals surface area (Å²) in [4.78, 5) is 0. The summed E-state index contributed by atoms with van der Waals surface area (Å²) in [6, 6.07) is 2.01. The maximum atomic E-state index is 6.31. The van der Waals surface area contributed by atoms with E-state index in [0.29, 0.717) is 5.92 Å². The number of aryl methyl sites for hydroxylation is 1. The highest BCUT2D eigenvalue weighted by Crippen LogP contribution is 2.34. The van der Waals surface area contributed by atoms with E-state index in [1.54, 1.807) is 0 Å². The molecular weight excluding hydrogens is 256 g/mol. The second-order valence-corrected chi connectivity index (χ2v) is 5.57. The molecule has 2 heteroatoms. The zero-order chi connectivity index (χ0) is 14.4. The lowest BCUT2D eigenvalue weighted by atomic mass is 9.94. The Morgan fingerprint density at radius 1 is 1.37 bits per heavy atom. The molecule has 1 nitrogen and oxygen atoms in total. The predicted molar refractivity (Wildman–Crippen MR) is 84.4 cm³/mol. The van der Waals surface area contributed by atoms with E-state index in [0.717, 1.165) is 41.3 Å². The molecule has 0 saturated carbocycles. The minimum atomic E-state index is 0.491. The molecule has 0 saturated heterocycles. The van der Waals surface area contributed by atoms with Crippen molar-refractivity contribution < 1.29 is 4.74 Å². The van der Waals surface area contributed by atoms with Crippen molar-refractivity contribution in [2.75, 3.05) is 6.61 Å². The van der Waals surface area contributed by atoms with Crippen LogP contribution >= 0.6 is 11.6 Å². The first-order chi connectivity index (χ1) is 9.01. The number of allylic oxidation sites excluding steroid dienone is 2. The molecule has 0 fully saturated rings. The van der Waals surface area contributed by atoms with Crippen molar-refractivity contribution in [1.82, 2.24) is 0 Å². The summed E-state index contributed by atoms with van der Waals surface area (Å²) in [5, 5.41) is 0.837. The van der Waals surface area contributed by atoms with Crippen molar-refractivity contribution in [2.45, 2.75) is 47.5 Å². The van der Waals surface area contributed by atoms with Crippen LogP contribution in [-0.2, 0) is 6.42 Å². The minimum absolute atomic E-state index is 0.491. The summed E-state index contributed by atoms with van der Waals surface area (Å²) in [5.41, 5.74) is 3.53. The van der Waals surface area contributed by atoms with Crippen LogP contribution in [0.15, 0.2) is 18.2 Å². The van der Waals surface area contributed by atoms with Gasteiger partial charge in [0, 0.05) is 5.02 Å². The molecular formula is C17H25ClO. The Bertz CT molecular complexity index is 449. The number of rotatable bonds is 6. The van der Waals surface area contributed by atoms with Crippen molar-refractivity contribution in [3.8, 4) is 5.75 Å². The van der Waals surface area contributed by atoms with E-state index < -0.39 is 0 Å². The predicted octanol–water partition coefficient (Wildman–Crippen LogP) is 5.50. The van der Waals surface area contributed by atoms with Gasteiger partial charge in [0.15, 0.2) is 0 Å². The lowest BCUT2D eigenvalue weighted by Gasteiger charge is -2.19. The van der Waals surface area contributed by atoms with E-state index in [-0.39, 0.29) is 0 Å². The molecule has 1 rings (SSSR count). The first kappa shape index (κ1) is 16.1. The molecule has 0 N–H and O–H groups in total. The zero-order valence-corrected chi connectivity index (χ0v) is 13.5. The molecule has 19 heavy (non-hydrogen) atoms. The van der Waals surface area contributed by atoms with Gasteiger partial charge in [-0.05, 0) is 62.3 Å². The third-order valence-electron chi connectivity index (χ3n) is 3.28. The Morgan fingerprint density at radius 3 is 2.63 bits per heavy atom. The van der Waals surface area contributed by atoms with Crippen LogP contribution in [0.25, 0.3) is 0 Å². The van der Waals surface area contributed by atoms with Gasteiger partial charge < -0.3 is 4.74 Å². The summed E-state index contributed by atoms with van der Waals surface area (Å²) in [5.74, 6) is 1.52. The van der Waals surface area contributed by atoms with Gasteiger partial charge in [0.2, 0.25) is 0 Å². The Morgan fingerprint density at radius 2 is 2.05 bits per heavy atom. The summed E-state index contributed by atoms with van der Waals surface area (Å²) < 4.78 is 5.95. The highest BCUT2D eigenvalue weighted by Gasteiger charge is 2.15. The summed E-state index contributed by atoms with van der Waals surface area (Å²) in [7, 11) is 0. The number of halogens is 1. The molecule has 0 radical (unpaired) electrons. The standard InChI is InChI=1S/C17H25ClO/c1-6-8-12(3)10-15-14(5)16(18)11-13(4)17(15)19-9-7-2/h6,8,11-12H,7,9-10H2,1-5H3/b8-6-. The summed E-state index contributed by atoms with van der Waals surface area (Å²) >= 11 is 6.31. The fourth-order valence-electron chi connectivity index (χ4n) is 2.29. The third kappa shape index (κ3) is 4.28. The molecule has 0 heterocycles. The summed E-state index contributed by atoms with van der Waals surface area (Å²) in [6.07, 6.45) is 6.31. The van der Waals surface area contributed by atoms with Crippen LogP contribution in [0.1, 0.15) is 43.9 Å². The lowest BCUT2D eigenvalue weighted by molar-refractivity contribution is 0.311. The molecule has 0 aliphatic rings. The van der Waals surface area contributed by atoms with E-state index in [1.807, 2.05) is 6.07 Å². The van der Waals surface area contributed by atoms with E-state index in [2.05, 4.69) is 46.8 Å². The normalized spacial score (nSPS) is 12.9. The molecule has 1 aromatic carbocycles. The van der Waals surface area contributed by atoms with Crippen LogP contribution in [0.4, 0.5) is 0 Å². The fourth-order valence-corrected chi connectivity index (χ4v) is 2.56. The van der Waals surface area contributed by atoms with Gasteiger partial charge in [-0.2, -0.15) is 0 Å². The van der Waals surface area contributed by atoms with Gasteiger partial charge in [-0.1, -0.05) is 37.6 Å². The van der Waals surface area contributed by atoms with Gasteiger partial charge in [-0.15, -0.1) is 0 Å². The van der Waals surface area contributed by atoms with E-state index >= 15 is 0 Å². The Balaban J connectivity index is 3.16. The third-order valence-corrected chi connectivity index (χ3v) is 3.68. The molecule has 0 aliphatic carbocycles. The zero-order valence-electron chi connectivity index (χ0n) is 12.7. The largest absolute Gasteiger partial charge is 0.493 e. The van der Waals surface area contributed by atoms with E-state index in [9.17, 15) is 0 Å². The minimum Gasteiger partial charge on any atom is -0.493 e. The Labute approximate surface area is 122 Å². The van der Waals surface area contributed by atoms with Crippen LogP contribution in [0, 0.1) is 19.8 Å². The van der Waals surface area contributed by atoms with Gasteiger partial charge in [-0.25, -0.2) is 0 Å². The summed E-state index contributed by atoms with van der Waals surface area (Å²) in [6.45, 7) is 11.3. The van der Waals surface area contributed by atoms with Crippen molar-refractivity contribution in [3.63, 3.8) is 0 Å². The highest BCUT2D eigenvalue weighted by molar-refractivity contribution is 6.31. The first-order valence-corrected chi connectivity index (χ1v) is 7.43. The van der Waals surface area contributed by atoms with Gasteiger partial charge in [-0.3, -0.25) is 0 Å². The topological polar surface area (TPSA) is 9.23 Å². The van der Waals surface area contributed by atoms with Crippen LogP contribution in [0.5, 0.6) is 5.75 Å². The van der Waals surface area contributed by atoms with E-state index in [1.165, 1.54) is 5.56 Å². The Kier molecular flexibility index (Phi) is 6.44. The van der Waals surface area contributed by atoms with Crippen LogP contribution in [-0.4, -0.2) is 6.61 Å². The molecule has 0 spiro atoms. The quantitative estimate of drug-likeness (QED) is 0.625. The molecule has 1 aromatic rings. The smallest absolute Gasteiger partial charge is 0.125 e. The number of hydrogen-bond acceptors (Lipinski definition) is 1. The number of benzene rings is 1. The fraction of sp³-hybridized carbons (Fsp3) is 0.529. The lowest BCUT2D eigenvalue weighted by Crippen LogP contribution is -2.06. The molecule has 1 unspecified atom stereocenters. The second-order valence-electron chi connectivity index (χ2n) is 5.16. The second kappa shape index (κ2) is 7.59. The number of hydrogen-bond donors (Lipinski definition) is 0. The SMILES string of the molecule is C/C=C\C(C)Cc1c(C)c(Cl)cc(C)c1OCCC. The van der Waals surface area contributed by atoms with Crippen molar-refractivity contribution in [1.29, 1.82) is 0 Å². The Hall–Kier alpha value is -0.950. The average Bonchev–Trinajstić information content (AvgIpc) is 2.35. The average molecular weight is 281 g/mol. The number of ether oxygens (including phenoxy) is 1. The first-order valence-electron chi connectivity index (χ1n) is 7.05. The monoisotopic (exact) mass is 280 g/mol. The highest BCUT2D eigenvalue weighted by atomic mass is 35.5. The van der Waals surface area contributed by atoms with Gasteiger partial charge in [0.25, 0.3) is 0 Å². The molecule has 1 atom stereocenters. The van der Waals surface area contributed by atoms with Crippen LogP contribution in [0.3, 0.4) is 0 Å². The molecule has 0 aromatic heterocycles. The molecule has 0 bridgehead atoms. The molecule has 0 amide bonds. The molecule has 106 valence electrons. The van der Waals surface area contributed by atoms with Gasteiger partial charge in [0.1, 0.15) is 5.75 Å². The van der Waals surface area contributed by atoms with Crippen molar-refractivity contribution in [3.05, 3.63) is 39.9 Å². The van der Waals surface area contributed by atoms with Crippen molar-refractivity contribution in [2.24, 2.45) is 5.92 Å². The van der Waals surface area contributed by atoms with E-state index in [4.69, 9.17) is 16.3 Å². The van der Waals surface area contributed by atoms with Gasteiger partial charge in [0.05, 0.1) is 6.61 Å². The van der Waals surface area contributed by atoms with Crippen LogP contribution < -0.4 is 4.74 Å². The maximum absolute atomic E-state index is 6.31. The van der Waals surface area contributed by atoms with Crippen LogP contribution in [0.2, 0.25) is 5.02 Å². The maximum Gasteiger partial charge on any atom is 0.125 e. The van der Waals surface area contributed by atoms with Gasteiger partial charge >= 0.3 is 0 Å².